The van der Waals surface area contributed by atoms with Crippen molar-refractivity contribution < 1.29 is 18.7 Å². The first-order valence-electron chi connectivity index (χ1n) is 8.06. The number of anilines is 2. The van der Waals surface area contributed by atoms with E-state index in [2.05, 4.69) is 4.98 Å². The summed E-state index contributed by atoms with van der Waals surface area (Å²) in [5.41, 5.74) is 1.79. The minimum Gasteiger partial charge on any atom is -0.494 e. The Morgan fingerprint density at radius 1 is 1.29 bits per heavy atom. The van der Waals surface area contributed by atoms with E-state index < -0.39 is 5.82 Å². The number of aromatic amines is 1. The second kappa shape index (κ2) is 6.86. The Bertz CT molecular complexity index is 770. The van der Waals surface area contributed by atoms with E-state index in [1.54, 1.807) is 12.3 Å². The van der Waals surface area contributed by atoms with E-state index in [0.717, 1.165) is 25.0 Å². The van der Waals surface area contributed by atoms with Crippen LogP contribution >= 0.6 is 0 Å². The van der Waals surface area contributed by atoms with Crippen molar-refractivity contribution in [3.05, 3.63) is 41.5 Å². The van der Waals surface area contributed by atoms with Gasteiger partial charge in [-0.1, -0.05) is 0 Å². The number of ether oxygens (including phenoxy) is 1. The van der Waals surface area contributed by atoms with Gasteiger partial charge >= 0.3 is 0 Å². The predicted molar refractivity (Wildman–Crippen MR) is 88.5 cm³/mol. The molecule has 0 saturated heterocycles. The van der Waals surface area contributed by atoms with Crippen LogP contribution in [0.25, 0.3) is 0 Å². The van der Waals surface area contributed by atoms with Gasteiger partial charge in [0.15, 0.2) is 11.6 Å². The molecule has 1 N–H and O–H groups in total. The van der Waals surface area contributed by atoms with Gasteiger partial charge in [0.2, 0.25) is 6.41 Å². The summed E-state index contributed by atoms with van der Waals surface area (Å²) < 4.78 is 19.7. The maximum absolute atomic E-state index is 14.4. The van der Waals surface area contributed by atoms with Crippen LogP contribution in [-0.2, 0) is 11.2 Å². The third-order valence-electron chi connectivity index (χ3n) is 4.16. The average molecular weight is 330 g/mol. The summed E-state index contributed by atoms with van der Waals surface area (Å²) in [7, 11) is 0. The molecule has 5 nitrogen and oxygen atoms in total. The van der Waals surface area contributed by atoms with E-state index in [1.165, 1.54) is 17.0 Å². The van der Waals surface area contributed by atoms with Gasteiger partial charge < -0.3 is 9.72 Å². The summed E-state index contributed by atoms with van der Waals surface area (Å²) in [6.07, 6.45) is 5.05. The minimum atomic E-state index is -0.580. The fraction of sp³-hybridized carbons (Fsp3) is 0.333. The zero-order valence-electron chi connectivity index (χ0n) is 13.5. The second-order valence-electron chi connectivity index (χ2n) is 5.68. The molecule has 6 heteroatoms. The number of hydrogen-bond donors (Lipinski definition) is 1. The molecule has 1 aliphatic rings. The van der Waals surface area contributed by atoms with Gasteiger partial charge in [-0.05, 0) is 38.3 Å². The number of carbonyl (C=O) groups is 2. The van der Waals surface area contributed by atoms with E-state index >= 15 is 0 Å². The largest absolute Gasteiger partial charge is 0.494 e. The first-order valence-corrected chi connectivity index (χ1v) is 8.06. The number of amides is 1. The Morgan fingerprint density at radius 2 is 2.08 bits per heavy atom. The molecule has 1 aromatic carbocycles. The van der Waals surface area contributed by atoms with Gasteiger partial charge in [-0.3, -0.25) is 14.5 Å². The van der Waals surface area contributed by atoms with E-state index in [0.29, 0.717) is 36.4 Å². The highest BCUT2D eigenvalue weighted by molar-refractivity contribution is 6.06. The van der Waals surface area contributed by atoms with Gasteiger partial charge in [-0.25, -0.2) is 4.39 Å². The Kier molecular flexibility index (Phi) is 4.64. The van der Waals surface area contributed by atoms with Crippen molar-refractivity contribution in [3.8, 4) is 5.75 Å². The molecule has 0 aliphatic heterocycles. The number of halogens is 1. The van der Waals surface area contributed by atoms with Crippen molar-refractivity contribution in [3.63, 3.8) is 0 Å². The first kappa shape index (κ1) is 16.2. The van der Waals surface area contributed by atoms with Crippen LogP contribution in [0.15, 0.2) is 24.4 Å². The summed E-state index contributed by atoms with van der Waals surface area (Å²) >= 11 is 0. The molecule has 0 unspecified atom stereocenters. The number of ketones is 1. The van der Waals surface area contributed by atoms with Crippen LogP contribution in [0.3, 0.4) is 0 Å². The zero-order valence-corrected chi connectivity index (χ0v) is 13.5. The number of nitrogens with one attached hydrogen (secondary N) is 1. The molecule has 0 spiro atoms. The smallest absolute Gasteiger partial charge is 0.218 e. The molecule has 0 fully saturated rings. The Hall–Kier alpha value is -2.63. The van der Waals surface area contributed by atoms with Crippen LogP contribution in [-0.4, -0.2) is 23.8 Å². The van der Waals surface area contributed by atoms with Crippen molar-refractivity contribution in [1.82, 2.24) is 4.98 Å². The number of nitrogens with zero attached hydrogens (tertiary/aromatic N) is 1. The molecule has 3 rings (SSSR count). The number of carbonyl (C=O) groups excluding carboxylic acids is 2. The normalized spacial score (nSPS) is 14.0. The number of benzene rings is 1. The molecular weight excluding hydrogens is 311 g/mol. The standard InChI is InChI=1S/C18H19FN2O3/c1-2-24-12-7-8-15(13(19)9-12)21(11-22)16-10-20-14-5-3-4-6-17(23)18(14)16/h7-11,20H,2-6H2,1H3. The lowest BCUT2D eigenvalue weighted by molar-refractivity contribution is -0.106. The third-order valence-corrected chi connectivity index (χ3v) is 4.16. The van der Waals surface area contributed by atoms with Crippen molar-refractivity contribution in [2.45, 2.75) is 32.6 Å². The number of Topliss-reactive ketones (excluding diaryl/α,β-unsaturated/α-hetero) is 1. The molecular formula is C18H19FN2O3. The van der Waals surface area contributed by atoms with Crippen LogP contribution in [0, 0.1) is 5.82 Å². The fourth-order valence-electron chi connectivity index (χ4n) is 3.05. The Morgan fingerprint density at radius 3 is 2.79 bits per heavy atom. The molecule has 2 aromatic rings. The van der Waals surface area contributed by atoms with Crippen molar-refractivity contribution >= 4 is 23.6 Å². The summed E-state index contributed by atoms with van der Waals surface area (Å²) in [4.78, 5) is 28.3. The highest BCUT2D eigenvalue weighted by Gasteiger charge is 2.26. The lowest BCUT2D eigenvalue weighted by Gasteiger charge is -2.19. The van der Waals surface area contributed by atoms with Gasteiger partial charge in [0, 0.05) is 24.4 Å². The van der Waals surface area contributed by atoms with Crippen LogP contribution < -0.4 is 9.64 Å². The average Bonchev–Trinajstić information content (AvgIpc) is 2.89. The molecule has 1 aromatic heterocycles. The van der Waals surface area contributed by atoms with Crippen LogP contribution in [0.2, 0.25) is 0 Å². The Labute approximate surface area is 139 Å². The van der Waals surface area contributed by atoms with Gasteiger partial charge in [0.1, 0.15) is 5.75 Å². The van der Waals surface area contributed by atoms with Crippen LogP contribution in [0.1, 0.15) is 42.2 Å². The molecule has 0 saturated carbocycles. The molecule has 126 valence electrons. The summed E-state index contributed by atoms with van der Waals surface area (Å²) in [5, 5.41) is 0. The first-order chi connectivity index (χ1) is 11.7. The molecule has 0 atom stereocenters. The number of aromatic nitrogens is 1. The predicted octanol–water partition coefficient (Wildman–Crippen LogP) is 3.76. The summed E-state index contributed by atoms with van der Waals surface area (Å²) in [6.45, 7) is 2.24. The third kappa shape index (κ3) is 2.91. The molecule has 1 amide bonds. The zero-order chi connectivity index (χ0) is 17.1. The minimum absolute atomic E-state index is 0.0167. The highest BCUT2D eigenvalue weighted by Crippen LogP contribution is 2.35. The van der Waals surface area contributed by atoms with Gasteiger partial charge in [-0.2, -0.15) is 0 Å². The van der Waals surface area contributed by atoms with Crippen molar-refractivity contribution in [2.24, 2.45) is 0 Å². The summed E-state index contributed by atoms with van der Waals surface area (Å²) in [5.74, 6) is -0.199. The number of rotatable bonds is 5. The lowest BCUT2D eigenvalue weighted by Crippen LogP contribution is -2.18. The Balaban J connectivity index is 2.03. The number of hydrogen-bond acceptors (Lipinski definition) is 3. The quantitative estimate of drug-likeness (QED) is 0.671. The number of aryl methyl sites for hydroxylation is 1. The molecule has 24 heavy (non-hydrogen) atoms. The van der Waals surface area contributed by atoms with E-state index in [-0.39, 0.29) is 11.5 Å². The van der Waals surface area contributed by atoms with Crippen LogP contribution in [0.5, 0.6) is 5.75 Å². The van der Waals surface area contributed by atoms with Crippen LogP contribution in [0.4, 0.5) is 15.8 Å². The summed E-state index contributed by atoms with van der Waals surface area (Å²) in [6, 6.07) is 4.32. The molecule has 1 heterocycles. The lowest BCUT2D eigenvalue weighted by atomic mass is 10.1. The number of fused-ring (bicyclic) bond motifs is 1. The SMILES string of the molecule is CCOc1ccc(N(C=O)c2c[nH]c3c2C(=O)CCCC3)c(F)c1. The van der Waals surface area contributed by atoms with E-state index in [1.807, 2.05) is 6.92 Å². The molecule has 1 aliphatic carbocycles. The van der Waals surface area contributed by atoms with Gasteiger partial charge in [-0.15, -0.1) is 0 Å². The van der Waals surface area contributed by atoms with Crippen molar-refractivity contribution in [2.75, 3.05) is 11.5 Å². The fourth-order valence-corrected chi connectivity index (χ4v) is 3.05. The second-order valence-corrected chi connectivity index (χ2v) is 5.68. The van der Waals surface area contributed by atoms with Gasteiger partial charge in [0.05, 0.1) is 23.5 Å². The van der Waals surface area contributed by atoms with Crippen molar-refractivity contribution in [1.29, 1.82) is 0 Å². The molecule has 0 radical (unpaired) electrons. The number of H-pyrrole nitrogens is 1. The monoisotopic (exact) mass is 330 g/mol. The maximum atomic E-state index is 14.4. The van der Waals surface area contributed by atoms with E-state index in [9.17, 15) is 14.0 Å². The highest BCUT2D eigenvalue weighted by atomic mass is 19.1. The van der Waals surface area contributed by atoms with E-state index in [4.69, 9.17) is 4.74 Å². The topological polar surface area (TPSA) is 62.4 Å². The van der Waals surface area contributed by atoms with Gasteiger partial charge in [0.25, 0.3) is 0 Å². The maximum Gasteiger partial charge on any atom is 0.218 e. The molecule has 0 bridgehead atoms.